The van der Waals surface area contributed by atoms with Crippen molar-refractivity contribution in [2.24, 2.45) is 0 Å². The van der Waals surface area contributed by atoms with E-state index >= 15 is 0 Å². The SMILES string of the molecule is Cc1nc(N(Cc2cnccc2C(F)(F)F)C(=O)OC(C)(C)C)ccc1I. The van der Waals surface area contributed by atoms with Crippen molar-refractivity contribution in [3.05, 3.63) is 51.0 Å². The van der Waals surface area contributed by atoms with Crippen molar-refractivity contribution in [1.29, 1.82) is 0 Å². The van der Waals surface area contributed by atoms with Crippen LogP contribution in [0, 0.1) is 10.5 Å². The van der Waals surface area contributed by atoms with E-state index in [9.17, 15) is 18.0 Å². The number of nitrogens with zero attached hydrogens (tertiary/aromatic N) is 3. The van der Waals surface area contributed by atoms with Crippen molar-refractivity contribution < 1.29 is 22.7 Å². The lowest BCUT2D eigenvalue weighted by Crippen LogP contribution is -2.37. The van der Waals surface area contributed by atoms with Crippen molar-refractivity contribution in [3.8, 4) is 0 Å². The Labute approximate surface area is 169 Å². The van der Waals surface area contributed by atoms with Crippen LogP contribution >= 0.6 is 22.6 Å². The first kappa shape index (κ1) is 21.4. The fourth-order valence-corrected chi connectivity index (χ4v) is 2.54. The van der Waals surface area contributed by atoms with Crippen LogP contribution in [-0.4, -0.2) is 21.7 Å². The van der Waals surface area contributed by atoms with Crippen LogP contribution in [0.1, 0.15) is 37.6 Å². The van der Waals surface area contributed by atoms with Gasteiger partial charge in [0.2, 0.25) is 0 Å². The molecule has 0 aromatic carbocycles. The molecule has 2 aromatic heterocycles. The molecule has 0 unspecified atom stereocenters. The van der Waals surface area contributed by atoms with E-state index in [1.54, 1.807) is 39.8 Å². The Morgan fingerprint density at radius 2 is 1.89 bits per heavy atom. The number of pyridine rings is 2. The van der Waals surface area contributed by atoms with Crippen LogP contribution in [0.5, 0.6) is 0 Å². The number of ether oxygens (including phenoxy) is 1. The lowest BCUT2D eigenvalue weighted by Gasteiger charge is -2.27. The van der Waals surface area contributed by atoms with Gasteiger partial charge in [-0.15, -0.1) is 0 Å². The number of carbonyl (C=O) groups is 1. The third-order valence-electron chi connectivity index (χ3n) is 3.43. The molecular weight excluding hydrogens is 474 g/mol. The van der Waals surface area contributed by atoms with E-state index in [0.29, 0.717) is 5.69 Å². The van der Waals surface area contributed by atoms with Gasteiger partial charge in [-0.3, -0.25) is 9.88 Å². The van der Waals surface area contributed by atoms with E-state index in [-0.39, 0.29) is 17.9 Å². The molecule has 0 radical (unpaired) electrons. The Bertz CT molecular complexity index is 835. The van der Waals surface area contributed by atoms with E-state index in [0.717, 1.165) is 26.9 Å². The molecule has 0 aliphatic carbocycles. The molecule has 0 aliphatic rings. The molecule has 0 saturated carbocycles. The maximum Gasteiger partial charge on any atom is 0.416 e. The third kappa shape index (κ3) is 5.78. The minimum absolute atomic E-state index is 0.145. The summed E-state index contributed by atoms with van der Waals surface area (Å²) in [6.45, 7) is 6.43. The van der Waals surface area contributed by atoms with E-state index in [1.165, 1.54) is 0 Å². The zero-order valence-electron chi connectivity index (χ0n) is 15.3. The molecule has 0 bridgehead atoms. The number of halogens is 4. The summed E-state index contributed by atoms with van der Waals surface area (Å²) in [6.07, 6.45) is -3.18. The van der Waals surface area contributed by atoms with Gasteiger partial charge in [0.15, 0.2) is 0 Å². The zero-order valence-corrected chi connectivity index (χ0v) is 17.4. The fraction of sp³-hybridized carbons (Fsp3) is 0.389. The molecule has 0 aliphatic heterocycles. The van der Waals surface area contributed by atoms with Gasteiger partial charge < -0.3 is 4.74 Å². The summed E-state index contributed by atoms with van der Waals surface area (Å²) in [5, 5.41) is 0. The molecule has 146 valence electrons. The van der Waals surface area contributed by atoms with Crippen molar-refractivity contribution >= 4 is 34.5 Å². The smallest absolute Gasteiger partial charge is 0.416 e. The maximum absolute atomic E-state index is 13.3. The summed E-state index contributed by atoms with van der Waals surface area (Å²) in [6, 6.07) is 4.20. The zero-order chi connectivity index (χ0) is 20.4. The summed E-state index contributed by atoms with van der Waals surface area (Å²) >= 11 is 2.09. The minimum Gasteiger partial charge on any atom is -0.443 e. The van der Waals surface area contributed by atoms with Crippen LogP contribution in [0.25, 0.3) is 0 Å². The average molecular weight is 493 g/mol. The first-order valence-corrected chi connectivity index (χ1v) is 9.10. The third-order valence-corrected chi connectivity index (χ3v) is 4.57. The molecule has 9 heteroatoms. The lowest BCUT2D eigenvalue weighted by molar-refractivity contribution is -0.138. The van der Waals surface area contributed by atoms with Gasteiger partial charge in [-0.2, -0.15) is 13.2 Å². The van der Waals surface area contributed by atoms with Gasteiger partial charge in [0.1, 0.15) is 11.4 Å². The van der Waals surface area contributed by atoms with Crippen LogP contribution in [0.2, 0.25) is 0 Å². The van der Waals surface area contributed by atoms with Crippen LogP contribution in [-0.2, 0) is 17.5 Å². The Hall–Kier alpha value is -1.91. The highest BCUT2D eigenvalue weighted by molar-refractivity contribution is 14.1. The summed E-state index contributed by atoms with van der Waals surface area (Å²) in [5.74, 6) is 0.208. The average Bonchev–Trinajstić information content (AvgIpc) is 2.53. The van der Waals surface area contributed by atoms with E-state index in [1.807, 2.05) is 0 Å². The molecule has 0 N–H and O–H groups in total. The lowest BCUT2D eigenvalue weighted by atomic mass is 10.1. The Morgan fingerprint density at radius 3 is 2.44 bits per heavy atom. The van der Waals surface area contributed by atoms with Crippen molar-refractivity contribution in [2.45, 2.75) is 46.0 Å². The summed E-state index contributed by atoms with van der Waals surface area (Å²) < 4.78 is 46.2. The number of carbonyl (C=O) groups excluding carboxylic acids is 1. The first-order chi connectivity index (χ1) is 12.4. The van der Waals surface area contributed by atoms with Gasteiger partial charge in [-0.25, -0.2) is 9.78 Å². The molecule has 27 heavy (non-hydrogen) atoms. The molecule has 2 heterocycles. The summed E-state index contributed by atoms with van der Waals surface area (Å²) in [5.41, 5.74) is -1.15. The quantitative estimate of drug-likeness (QED) is 0.542. The van der Waals surface area contributed by atoms with Crippen molar-refractivity contribution in [3.63, 3.8) is 0 Å². The highest BCUT2D eigenvalue weighted by Gasteiger charge is 2.35. The standard InChI is InChI=1S/C18H19F3IN3O2/c1-11-14(22)5-6-15(24-11)25(16(26)27-17(2,3)4)10-12-9-23-8-7-13(12)18(19,20)21/h5-9H,10H2,1-4H3. The number of amides is 1. The van der Waals surface area contributed by atoms with Gasteiger partial charge in [-0.1, -0.05) is 0 Å². The second-order valence-corrected chi connectivity index (χ2v) is 8.00. The van der Waals surface area contributed by atoms with E-state index < -0.39 is 23.4 Å². The van der Waals surface area contributed by atoms with Crippen LogP contribution in [0.4, 0.5) is 23.8 Å². The summed E-state index contributed by atoms with van der Waals surface area (Å²) in [7, 11) is 0. The van der Waals surface area contributed by atoms with E-state index in [2.05, 4.69) is 32.6 Å². The number of aromatic nitrogens is 2. The highest BCUT2D eigenvalue weighted by atomic mass is 127. The van der Waals surface area contributed by atoms with Gasteiger partial charge >= 0.3 is 12.3 Å². The second-order valence-electron chi connectivity index (χ2n) is 6.83. The number of aryl methyl sites for hydroxylation is 1. The molecule has 0 saturated heterocycles. The molecule has 2 aromatic rings. The highest BCUT2D eigenvalue weighted by Crippen LogP contribution is 2.33. The Balaban J connectivity index is 2.48. The number of hydrogen-bond acceptors (Lipinski definition) is 4. The normalized spacial score (nSPS) is 12.0. The predicted octanol–water partition coefficient (Wildman–Crippen LogP) is 5.35. The Kier molecular flexibility index (Phi) is 6.33. The van der Waals surface area contributed by atoms with Gasteiger partial charge in [0, 0.05) is 21.5 Å². The second kappa shape index (κ2) is 7.99. The first-order valence-electron chi connectivity index (χ1n) is 8.02. The van der Waals surface area contributed by atoms with Crippen LogP contribution in [0.15, 0.2) is 30.6 Å². The molecule has 5 nitrogen and oxygen atoms in total. The molecule has 0 spiro atoms. The van der Waals surface area contributed by atoms with Crippen molar-refractivity contribution in [2.75, 3.05) is 4.90 Å². The maximum atomic E-state index is 13.3. The number of alkyl halides is 3. The van der Waals surface area contributed by atoms with E-state index in [4.69, 9.17) is 4.74 Å². The number of rotatable bonds is 3. The van der Waals surface area contributed by atoms with Crippen LogP contribution in [0.3, 0.4) is 0 Å². The molecule has 0 atom stereocenters. The minimum atomic E-state index is -4.56. The molecule has 2 rings (SSSR count). The molecule has 1 amide bonds. The van der Waals surface area contributed by atoms with Gasteiger partial charge in [0.05, 0.1) is 17.8 Å². The number of hydrogen-bond donors (Lipinski definition) is 0. The monoisotopic (exact) mass is 493 g/mol. The molecule has 0 fully saturated rings. The molecular formula is C18H19F3IN3O2. The van der Waals surface area contributed by atoms with Gasteiger partial charge in [-0.05, 0) is 68.5 Å². The van der Waals surface area contributed by atoms with Crippen LogP contribution < -0.4 is 4.90 Å². The summed E-state index contributed by atoms with van der Waals surface area (Å²) in [4.78, 5) is 21.9. The largest absolute Gasteiger partial charge is 0.443 e. The van der Waals surface area contributed by atoms with Gasteiger partial charge in [0.25, 0.3) is 0 Å². The fourth-order valence-electron chi connectivity index (χ4n) is 2.24. The number of anilines is 1. The predicted molar refractivity (Wildman–Crippen MR) is 103 cm³/mol. The van der Waals surface area contributed by atoms with Crippen molar-refractivity contribution in [1.82, 2.24) is 9.97 Å². The topological polar surface area (TPSA) is 55.3 Å². The Morgan fingerprint density at radius 1 is 1.22 bits per heavy atom.